The predicted molar refractivity (Wildman–Crippen MR) is 84.6 cm³/mol. The van der Waals surface area contributed by atoms with Crippen molar-refractivity contribution in [3.8, 4) is 11.4 Å². The Morgan fingerprint density at radius 1 is 1.27 bits per heavy atom. The van der Waals surface area contributed by atoms with Gasteiger partial charge < -0.3 is 10.4 Å². The number of aromatic nitrogens is 2. The lowest BCUT2D eigenvalue weighted by atomic mass is 10.3. The highest BCUT2D eigenvalue weighted by Gasteiger charge is 2.22. The van der Waals surface area contributed by atoms with Crippen molar-refractivity contribution >= 4 is 23.2 Å². The van der Waals surface area contributed by atoms with Crippen LogP contribution in [0.4, 0.5) is 0 Å². The van der Waals surface area contributed by atoms with Gasteiger partial charge in [0.05, 0.1) is 11.9 Å². The van der Waals surface area contributed by atoms with Gasteiger partial charge in [-0.15, -0.1) is 0 Å². The van der Waals surface area contributed by atoms with E-state index in [1.807, 2.05) is 30.3 Å². The monoisotopic (exact) mass is 317 g/mol. The zero-order chi connectivity index (χ0) is 15.5. The topological polar surface area (TPSA) is 91.2 Å². The SMILES string of the molecule is O=C(NNC(=S)NC1CC1)c1nn(-c2ccccc2)cc1O. The van der Waals surface area contributed by atoms with Gasteiger partial charge >= 0.3 is 0 Å². The van der Waals surface area contributed by atoms with Crippen LogP contribution in [0.3, 0.4) is 0 Å². The summed E-state index contributed by atoms with van der Waals surface area (Å²) in [4.78, 5) is 12.0. The molecule has 0 saturated heterocycles. The van der Waals surface area contributed by atoms with Crippen molar-refractivity contribution in [2.24, 2.45) is 0 Å². The largest absolute Gasteiger partial charge is 0.504 e. The highest BCUT2D eigenvalue weighted by molar-refractivity contribution is 7.80. The van der Waals surface area contributed by atoms with E-state index in [9.17, 15) is 9.90 Å². The number of hydrogen-bond acceptors (Lipinski definition) is 4. The lowest BCUT2D eigenvalue weighted by Crippen LogP contribution is -2.47. The average molecular weight is 317 g/mol. The molecule has 1 saturated carbocycles. The standard InChI is InChI=1S/C14H15N5O2S/c20-11-8-19(10-4-2-1-3-5-10)18-12(11)13(21)16-17-14(22)15-9-6-7-9/h1-5,8-9,20H,6-7H2,(H,16,21)(H2,15,17,22). The quantitative estimate of drug-likeness (QED) is 0.496. The van der Waals surface area contributed by atoms with Gasteiger partial charge in [-0.1, -0.05) is 18.2 Å². The Morgan fingerprint density at radius 2 is 2.00 bits per heavy atom. The van der Waals surface area contributed by atoms with E-state index in [2.05, 4.69) is 21.3 Å². The van der Waals surface area contributed by atoms with Gasteiger partial charge in [0.25, 0.3) is 5.91 Å². The van der Waals surface area contributed by atoms with E-state index in [0.29, 0.717) is 11.2 Å². The fourth-order valence-electron chi connectivity index (χ4n) is 1.86. The molecule has 0 bridgehead atoms. The summed E-state index contributed by atoms with van der Waals surface area (Å²) in [6, 6.07) is 9.59. The number of amides is 1. The van der Waals surface area contributed by atoms with Gasteiger partial charge in [0.1, 0.15) is 0 Å². The van der Waals surface area contributed by atoms with Crippen molar-refractivity contribution in [3.63, 3.8) is 0 Å². The molecule has 2 aromatic rings. The first-order valence-electron chi connectivity index (χ1n) is 6.84. The van der Waals surface area contributed by atoms with Gasteiger partial charge in [-0.25, -0.2) is 4.68 Å². The molecule has 4 N–H and O–H groups in total. The van der Waals surface area contributed by atoms with Gasteiger partial charge in [-0.2, -0.15) is 5.10 Å². The van der Waals surface area contributed by atoms with E-state index >= 15 is 0 Å². The fourth-order valence-corrected chi connectivity index (χ4v) is 2.08. The molecule has 1 aliphatic carbocycles. The molecule has 1 aliphatic rings. The maximum absolute atomic E-state index is 12.0. The summed E-state index contributed by atoms with van der Waals surface area (Å²) in [6.07, 6.45) is 3.54. The Labute approximate surface area is 132 Å². The molecule has 8 heteroatoms. The molecule has 0 radical (unpaired) electrons. The van der Waals surface area contributed by atoms with E-state index in [0.717, 1.165) is 18.5 Å². The Morgan fingerprint density at radius 3 is 2.68 bits per heavy atom. The molecule has 7 nitrogen and oxygen atoms in total. The van der Waals surface area contributed by atoms with Gasteiger partial charge in [0, 0.05) is 6.04 Å². The van der Waals surface area contributed by atoms with Gasteiger partial charge in [-0.3, -0.25) is 15.6 Å². The van der Waals surface area contributed by atoms with Crippen molar-refractivity contribution in [3.05, 3.63) is 42.2 Å². The Kier molecular flexibility index (Phi) is 3.92. The number of carbonyl (C=O) groups is 1. The van der Waals surface area contributed by atoms with Gasteiger partial charge in [-0.05, 0) is 37.2 Å². The van der Waals surface area contributed by atoms with E-state index in [-0.39, 0.29) is 11.4 Å². The Hall–Kier alpha value is -2.61. The molecule has 1 heterocycles. The predicted octanol–water partition coefficient (Wildman–Crippen LogP) is 0.849. The fraction of sp³-hybridized carbons (Fsp3) is 0.214. The Bertz CT molecular complexity index is 697. The second-order valence-corrected chi connectivity index (χ2v) is 5.38. The number of benzene rings is 1. The minimum absolute atomic E-state index is 0.0782. The minimum Gasteiger partial charge on any atom is -0.504 e. The summed E-state index contributed by atoms with van der Waals surface area (Å²) in [6.45, 7) is 0. The molecular formula is C14H15N5O2S. The van der Waals surface area contributed by atoms with Crippen LogP contribution >= 0.6 is 12.2 Å². The molecule has 1 amide bonds. The zero-order valence-corrected chi connectivity index (χ0v) is 12.4. The first kappa shape index (κ1) is 14.3. The van der Waals surface area contributed by atoms with Crippen LogP contribution in [0.25, 0.3) is 5.69 Å². The van der Waals surface area contributed by atoms with E-state index in [4.69, 9.17) is 12.2 Å². The van der Waals surface area contributed by atoms with Crippen molar-refractivity contribution in [1.29, 1.82) is 0 Å². The molecule has 0 spiro atoms. The van der Waals surface area contributed by atoms with Crippen LogP contribution in [0.15, 0.2) is 36.5 Å². The first-order valence-corrected chi connectivity index (χ1v) is 7.25. The Balaban J connectivity index is 1.65. The van der Waals surface area contributed by atoms with Gasteiger partial charge in [0.15, 0.2) is 16.6 Å². The van der Waals surface area contributed by atoms with Crippen LogP contribution < -0.4 is 16.2 Å². The summed E-state index contributed by atoms with van der Waals surface area (Å²) in [5.74, 6) is -0.767. The molecule has 0 aliphatic heterocycles. The number of rotatable bonds is 3. The maximum atomic E-state index is 12.0. The summed E-state index contributed by atoms with van der Waals surface area (Å²) in [5.41, 5.74) is 5.67. The van der Waals surface area contributed by atoms with Crippen LogP contribution in [-0.4, -0.2) is 31.9 Å². The minimum atomic E-state index is -0.563. The van der Waals surface area contributed by atoms with Crippen molar-refractivity contribution in [1.82, 2.24) is 25.9 Å². The average Bonchev–Trinajstić information content (AvgIpc) is 3.25. The number of nitrogens with zero attached hydrogens (tertiary/aromatic N) is 2. The van der Waals surface area contributed by atoms with Crippen LogP contribution in [0.5, 0.6) is 5.75 Å². The lowest BCUT2D eigenvalue weighted by Gasteiger charge is -2.09. The summed E-state index contributed by atoms with van der Waals surface area (Å²) < 4.78 is 1.44. The van der Waals surface area contributed by atoms with Crippen LogP contribution in [-0.2, 0) is 0 Å². The molecular weight excluding hydrogens is 302 g/mol. The first-order chi connectivity index (χ1) is 10.6. The van der Waals surface area contributed by atoms with Crippen molar-refractivity contribution in [2.75, 3.05) is 0 Å². The normalized spacial score (nSPS) is 13.5. The van der Waals surface area contributed by atoms with Crippen molar-refractivity contribution < 1.29 is 9.90 Å². The van der Waals surface area contributed by atoms with Crippen LogP contribution in [0.2, 0.25) is 0 Å². The third-order valence-electron chi connectivity index (χ3n) is 3.13. The number of nitrogens with one attached hydrogen (secondary N) is 3. The second kappa shape index (κ2) is 6.02. The number of hydrazine groups is 1. The summed E-state index contributed by atoms with van der Waals surface area (Å²) in [7, 11) is 0. The molecule has 1 aromatic carbocycles. The molecule has 0 unspecified atom stereocenters. The van der Waals surface area contributed by atoms with E-state index < -0.39 is 5.91 Å². The molecule has 22 heavy (non-hydrogen) atoms. The highest BCUT2D eigenvalue weighted by atomic mass is 32.1. The number of hydrogen-bond donors (Lipinski definition) is 4. The molecule has 1 fully saturated rings. The highest BCUT2D eigenvalue weighted by Crippen LogP contribution is 2.18. The van der Waals surface area contributed by atoms with Crippen LogP contribution in [0, 0.1) is 0 Å². The second-order valence-electron chi connectivity index (χ2n) is 4.97. The van der Waals surface area contributed by atoms with E-state index in [1.54, 1.807) is 0 Å². The van der Waals surface area contributed by atoms with Crippen molar-refractivity contribution in [2.45, 2.75) is 18.9 Å². The van der Waals surface area contributed by atoms with Crippen LogP contribution in [0.1, 0.15) is 23.3 Å². The lowest BCUT2D eigenvalue weighted by molar-refractivity contribution is 0.0935. The molecule has 3 rings (SSSR count). The summed E-state index contributed by atoms with van der Waals surface area (Å²) >= 11 is 5.03. The summed E-state index contributed by atoms with van der Waals surface area (Å²) in [5, 5.41) is 17.3. The molecule has 1 aromatic heterocycles. The zero-order valence-electron chi connectivity index (χ0n) is 11.6. The maximum Gasteiger partial charge on any atom is 0.294 e. The third kappa shape index (κ3) is 3.34. The molecule has 114 valence electrons. The number of aromatic hydroxyl groups is 1. The van der Waals surface area contributed by atoms with E-state index in [1.165, 1.54) is 10.9 Å². The number of thiocarbonyl (C=S) groups is 1. The smallest absolute Gasteiger partial charge is 0.294 e. The number of para-hydroxylation sites is 1. The number of carbonyl (C=O) groups excluding carboxylic acids is 1. The third-order valence-corrected chi connectivity index (χ3v) is 3.35. The molecule has 0 atom stereocenters. The van der Waals surface area contributed by atoms with Gasteiger partial charge in [0.2, 0.25) is 0 Å².